The Morgan fingerprint density at radius 1 is 1.11 bits per heavy atom. The molecule has 6 nitrogen and oxygen atoms in total. The number of nitrogens with zero attached hydrogens (tertiary/aromatic N) is 3. The van der Waals surface area contributed by atoms with Crippen molar-refractivity contribution in [3.05, 3.63) is 53.9 Å². The predicted octanol–water partition coefficient (Wildman–Crippen LogP) is 3.67. The molecular formula is C22H26N4O2. The van der Waals surface area contributed by atoms with Gasteiger partial charge in [-0.05, 0) is 69.1 Å². The van der Waals surface area contributed by atoms with E-state index >= 15 is 0 Å². The van der Waals surface area contributed by atoms with Crippen LogP contribution in [-0.2, 0) is 0 Å². The fourth-order valence-electron chi connectivity index (χ4n) is 5.07. The van der Waals surface area contributed by atoms with Crippen LogP contribution in [0.5, 0.6) is 0 Å². The van der Waals surface area contributed by atoms with E-state index in [1.807, 2.05) is 19.1 Å². The van der Waals surface area contributed by atoms with Crippen LogP contribution in [0.25, 0.3) is 0 Å². The van der Waals surface area contributed by atoms with Gasteiger partial charge in [-0.1, -0.05) is 12.5 Å². The predicted molar refractivity (Wildman–Crippen MR) is 105 cm³/mol. The Morgan fingerprint density at radius 3 is 2.79 bits per heavy atom. The summed E-state index contributed by atoms with van der Waals surface area (Å²) in [5.41, 5.74) is 1.83. The molecule has 2 aliphatic rings. The second-order valence-corrected chi connectivity index (χ2v) is 8.45. The number of hydrogen-bond acceptors (Lipinski definition) is 5. The molecule has 2 atom stereocenters. The molecule has 1 N–H and O–H groups in total. The second-order valence-electron chi connectivity index (χ2n) is 8.45. The Morgan fingerprint density at radius 2 is 2.00 bits per heavy atom. The van der Waals surface area contributed by atoms with Gasteiger partial charge in [0.2, 0.25) is 0 Å². The van der Waals surface area contributed by atoms with Gasteiger partial charge in [-0.2, -0.15) is 0 Å². The van der Waals surface area contributed by atoms with Crippen LogP contribution in [0.3, 0.4) is 0 Å². The van der Waals surface area contributed by atoms with E-state index < -0.39 is 0 Å². The highest BCUT2D eigenvalue weighted by Crippen LogP contribution is 2.56. The lowest BCUT2D eigenvalue weighted by molar-refractivity contribution is 0.0820. The number of rotatable bonds is 6. The summed E-state index contributed by atoms with van der Waals surface area (Å²) in [4.78, 5) is 37.5. The van der Waals surface area contributed by atoms with Gasteiger partial charge in [0.25, 0.3) is 5.91 Å². The molecule has 4 rings (SSSR count). The van der Waals surface area contributed by atoms with Crippen molar-refractivity contribution in [3.8, 4) is 0 Å². The molecule has 2 aliphatic carbocycles. The van der Waals surface area contributed by atoms with Crippen molar-refractivity contribution in [2.24, 2.45) is 5.41 Å². The summed E-state index contributed by atoms with van der Waals surface area (Å²) in [6.45, 7) is 1.91. The summed E-state index contributed by atoms with van der Waals surface area (Å²) < 4.78 is 0. The molecule has 146 valence electrons. The minimum atomic E-state index is -0.162. The number of carbonyl (C=O) groups excluding carboxylic acids is 2. The van der Waals surface area contributed by atoms with Crippen molar-refractivity contribution in [1.29, 1.82) is 0 Å². The van der Waals surface area contributed by atoms with E-state index in [4.69, 9.17) is 0 Å². The summed E-state index contributed by atoms with van der Waals surface area (Å²) in [5.74, 6) is -0.00805. The lowest BCUT2D eigenvalue weighted by Crippen LogP contribution is -2.49. The molecule has 0 radical (unpaired) electrons. The fourth-order valence-corrected chi connectivity index (χ4v) is 5.07. The average Bonchev–Trinajstić information content (AvgIpc) is 2.97. The lowest BCUT2D eigenvalue weighted by atomic mass is 9.70. The maximum atomic E-state index is 12.6. The number of fused-ring (bicyclic) bond motifs is 2. The maximum Gasteiger partial charge on any atom is 0.270 e. The fraction of sp³-hybridized carbons (Fsp3) is 0.500. The summed E-state index contributed by atoms with van der Waals surface area (Å²) in [5, 5.41) is 3.27. The topological polar surface area (TPSA) is 84.8 Å². The molecule has 1 amide bonds. The zero-order valence-electron chi connectivity index (χ0n) is 16.3. The average molecular weight is 378 g/mol. The molecule has 2 aromatic heterocycles. The van der Waals surface area contributed by atoms with Crippen LogP contribution in [0, 0.1) is 12.3 Å². The van der Waals surface area contributed by atoms with Gasteiger partial charge in [-0.15, -0.1) is 0 Å². The van der Waals surface area contributed by atoms with E-state index in [0.29, 0.717) is 17.8 Å². The Kier molecular flexibility index (Phi) is 4.96. The van der Waals surface area contributed by atoms with E-state index in [0.717, 1.165) is 50.6 Å². The van der Waals surface area contributed by atoms with Crippen LogP contribution in [-0.4, -0.2) is 32.2 Å². The number of ketones is 1. The number of hydrogen-bond donors (Lipinski definition) is 1. The normalized spacial score (nSPS) is 26.0. The van der Waals surface area contributed by atoms with Crippen molar-refractivity contribution in [3.63, 3.8) is 0 Å². The van der Waals surface area contributed by atoms with Crippen LogP contribution in [0.15, 0.2) is 36.8 Å². The van der Waals surface area contributed by atoms with E-state index in [9.17, 15) is 9.59 Å². The Labute approximate surface area is 165 Å². The van der Waals surface area contributed by atoms with E-state index in [1.165, 1.54) is 6.33 Å². The molecule has 0 aromatic carbocycles. The molecule has 0 saturated heterocycles. The van der Waals surface area contributed by atoms with Gasteiger partial charge in [-0.25, -0.2) is 9.97 Å². The molecule has 6 heteroatoms. The highest BCUT2D eigenvalue weighted by Gasteiger charge is 2.51. The lowest BCUT2D eigenvalue weighted by Gasteiger charge is -2.40. The quantitative estimate of drug-likeness (QED) is 0.775. The molecule has 0 aliphatic heterocycles. The molecule has 2 saturated carbocycles. The van der Waals surface area contributed by atoms with Gasteiger partial charge in [0.15, 0.2) is 5.78 Å². The molecule has 2 fully saturated rings. The summed E-state index contributed by atoms with van der Waals surface area (Å²) in [7, 11) is 0. The third-order valence-electron chi connectivity index (χ3n) is 6.46. The van der Waals surface area contributed by atoms with E-state index in [1.54, 1.807) is 18.3 Å². The summed E-state index contributed by atoms with van der Waals surface area (Å²) in [6.07, 6.45) is 10.6. The standard InChI is InChI=1S/C22H26N4O2/c1-16-4-2-5-17(25-16)19(27)6-10-21-8-3-9-22(14-21,12-11-21)26-20(28)18-7-13-23-15-24-18/h2,4-5,7,13,15H,3,6,8-12,14H2,1H3,(H,26,28)/t21?,22-/m0/s1. The van der Waals surface area contributed by atoms with Crippen molar-refractivity contribution in [2.45, 2.75) is 63.8 Å². The number of nitrogens with one attached hydrogen (secondary N) is 1. The first kappa shape index (κ1) is 18.7. The molecule has 0 spiro atoms. The van der Waals surface area contributed by atoms with Crippen LogP contribution in [0.4, 0.5) is 0 Å². The monoisotopic (exact) mass is 378 g/mol. The van der Waals surface area contributed by atoms with E-state index in [-0.39, 0.29) is 22.6 Å². The summed E-state index contributed by atoms with van der Waals surface area (Å²) in [6, 6.07) is 7.24. The second kappa shape index (κ2) is 7.41. The third kappa shape index (κ3) is 3.81. The largest absolute Gasteiger partial charge is 0.345 e. The maximum absolute atomic E-state index is 12.6. The van der Waals surface area contributed by atoms with Crippen LogP contribution < -0.4 is 5.32 Å². The number of aromatic nitrogens is 3. The summed E-state index contributed by atoms with van der Waals surface area (Å²) >= 11 is 0. The zero-order valence-corrected chi connectivity index (χ0v) is 16.3. The van der Waals surface area contributed by atoms with E-state index in [2.05, 4.69) is 20.3 Å². The van der Waals surface area contributed by atoms with Crippen molar-refractivity contribution in [2.75, 3.05) is 0 Å². The number of pyridine rings is 1. The van der Waals surface area contributed by atoms with Crippen molar-refractivity contribution < 1.29 is 9.59 Å². The Bertz CT molecular complexity index is 885. The first-order valence-corrected chi connectivity index (χ1v) is 10.0. The van der Waals surface area contributed by atoms with Gasteiger partial charge < -0.3 is 5.32 Å². The van der Waals surface area contributed by atoms with Crippen LogP contribution >= 0.6 is 0 Å². The van der Waals surface area contributed by atoms with Crippen LogP contribution in [0.1, 0.15) is 78.0 Å². The zero-order chi connectivity index (χ0) is 19.6. The third-order valence-corrected chi connectivity index (χ3v) is 6.46. The van der Waals surface area contributed by atoms with Crippen LogP contribution in [0.2, 0.25) is 0 Å². The highest BCUT2D eigenvalue weighted by atomic mass is 16.2. The Balaban J connectivity index is 1.41. The first-order valence-electron chi connectivity index (χ1n) is 10.0. The number of amides is 1. The van der Waals surface area contributed by atoms with Crippen molar-refractivity contribution in [1.82, 2.24) is 20.3 Å². The smallest absolute Gasteiger partial charge is 0.270 e. The molecular weight excluding hydrogens is 352 g/mol. The highest BCUT2D eigenvalue weighted by molar-refractivity contribution is 5.94. The molecule has 1 unspecified atom stereocenters. The molecule has 2 heterocycles. The first-order chi connectivity index (χ1) is 13.5. The minimum Gasteiger partial charge on any atom is -0.345 e. The molecule has 2 bridgehead atoms. The van der Waals surface area contributed by atoms with Gasteiger partial charge in [-0.3, -0.25) is 14.6 Å². The van der Waals surface area contributed by atoms with Gasteiger partial charge in [0, 0.05) is 23.9 Å². The molecule has 2 aromatic rings. The SMILES string of the molecule is Cc1cccc(C(=O)CCC23CCC[C@](NC(=O)c4ccncn4)(CC2)C3)n1. The Hall–Kier alpha value is -2.63. The number of aryl methyl sites for hydroxylation is 1. The van der Waals surface area contributed by atoms with Gasteiger partial charge in [0.05, 0.1) is 0 Å². The number of carbonyl (C=O) groups is 2. The minimum absolute atomic E-state index is 0.117. The van der Waals surface area contributed by atoms with Crippen molar-refractivity contribution >= 4 is 11.7 Å². The van der Waals surface area contributed by atoms with Gasteiger partial charge in [0.1, 0.15) is 17.7 Å². The molecule has 28 heavy (non-hydrogen) atoms. The van der Waals surface area contributed by atoms with Gasteiger partial charge >= 0.3 is 0 Å². The number of Topliss-reactive ketones (excluding diaryl/α,β-unsaturated/α-hetero) is 1.